The molecule has 204 valence electrons. The van der Waals surface area contributed by atoms with E-state index in [0.717, 1.165) is 38.0 Å². The summed E-state index contributed by atoms with van der Waals surface area (Å²) in [7, 11) is 0. The molecule has 2 heterocycles. The van der Waals surface area contributed by atoms with Crippen molar-refractivity contribution in [3.8, 4) is 17.2 Å². The molecule has 0 spiro atoms. The van der Waals surface area contributed by atoms with Crippen LogP contribution in [0.25, 0.3) is 5.76 Å². The summed E-state index contributed by atoms with van der Waals surface area (Å²) in [5.41, 5.74) is 1.19. The molecule has 1 saturated heterocycles. The molecular weight excluding hydrogens is 484 g/mol. The molecule has 2 aromatic carbocycles. The zero-order chi connectivity index (χ0) is 27.1. The molecule has 0 radical (unpaired) electrons. The molecule has 1 fully saturated rings. The number of nitrogens with zero attached hydrogens (tertiary/aromatic N) is 2. The summed E-state index contributed by atoms with van der Waals surface area (Å²) in [6.45, 7) is 10.8. The highest BCUT2D eigenvalue weighted by Crippen LogP contribution is 2.41. The molecule has 0 aromatic heterocycles. The fraction of sp³-hybridized carbons (Fsp3) is 0.467. The average molecular weight is 523 g/mol. The van der Waals surface area contributed by atoms with Gasteiger partial charge in [0.25, 0.3) is 11.7 Å². The Morgan fingerprint density at radius 1 is 1.03 bits per heavy atom. The average Bonchev–Trinajstić information content (AvgIpc) is 3.20. The monoisotopic (exact) mass is 522 g/mol. The number of aliphatic hydroxyl groups excluding tert-OH is 1. The first-order valence-electron chi connectivity index (χ1n) is 13.6. The van der Waals surface area contributed by atoms with Crippen LogP contribution >= 0.6 is 0 Å². The van der Waals surface area contributed by atoms with E-state index < -0.39 is 17.7 Å². The van der Waals surface area contributed by atoms with Crippen molar-refractivity contribution in [2.24, 2.45) is 0 Å². The van der Waals surface area contributed by atoms with Crippen LogP contribution in [0, 0.1) is 0 Å². The van der Waals surface area contributed by atoms with Crippen LogP contribution in [0.15, 0.2) is 48.0 Å². The predicted octanol–water partition coefficient (Wildman–Crippen LogP) is 4.79. The third-order valence-electron chi connectivity index (χ3n) is 7.06. The van der Waals surface area contributed by atoms with Crippen molar-refractivity contribution in [3.05, 3.63) is 59.2 Å². The SMILES string of the molecule is CCCCOc1cccc([C@H]2/C(=C(\O)c3ccc4c(c3)OCCO4)C(=O)C(=O)N2CCCN(CC)CC)c1. The summed E-state index contributed by atoms with van der Waals surface area (Å²) >= 11 is 0. The van der Waals surface area contributed by atoms with Gasteiger partial charge in [-0.2, -0.15) is 0 Å². The predicted molar refractivity (Wildman–Crippen MR) is 146 cm³/mol. The Bertz CT molecular complexity index is 1170. The van der Waals surface area contributed by atoms with Gasteiger partial charge in [0.1, 0.15) is 24.7 Å². The third kappa shape index (κ3) is 5.96. The van der Waals surface area contributed by atoms with Gasteiger partial charge in [-0.25, -0.2) is 0 Å². The smallest absolute Gasteiger partial charge is 0.295 e. The van der Waals surface area contributed by atoms with E-state index in [9.17, 15) is 14.7 Å². The van der Waals surface area contributed by atoms with E-state index in [-0.39, 0.29) is 11.3 Å². The van der Waals surface area contributed by atoms with E-state index in [1.165, 1.54) is 0 Å². The Morgan fingerprint density at radius 3 is 2.53 bits per heavy atom. The van der Waals surface area contributed by atoms with Crippen molar-refractivity contribution < 1.29 is 28.9 Å². The fourth-order valence-electron chi connectivity index (χ4n) is 4.92. The number of rotatable bonds is 12. The molecule has 1 N–H and O–H groups in total. The molecule has 0 saturated carbocycles. The van der Waals surface area contributed by atoms with Gasteiger partial charge in [-0.05, 0) is 68.4 Å². The van der Waals surface area contributed by atoms with E-state index in [0.29, 0.717) is 55.6 Å². The van der Waals surface area contributed by atoms with Crippen LogP contribution in [0.3, 0.4) is 0 Å². The van der Waals surface area contributed by atoms with Crippen molar-refractivity contribution in [2.45, 2.75) is 46.1 Å². The normalized spacial score (nSPS) is 18.3. The zero-order valence-electron chi connectivity index (χ0n) is 22.6. The van der Waals surface area contributed by atoms with Crippen LogP contribution in [0.4, 0.5) is 0 Å². The number of ether oxygens (including phenoxy) is 3. The first-order chi connectivity index (χ1) is 18.5. The Labute approximate surface area is 224 Å². The maximum Gasteiger partial charge on any atom is 0.295 e. The fourth-order valence-corrected chi connectivity index (χ4v) is 4.92. The molecule has 8 nitrogen and oxygen atoms in total. The highest BCUT2D eigenvalue weighted by atomic mass is 16.6. The van der Waals surface area contributed by atoms with E-state index >= 15 is 0 Å². The molecule has 38 heavy (non-hydrogen) atoms. The number of likely N-dealkylation sites (tertiary alicyclic amines) is 1. The Morgan fingerprint density at radius 2 is 1.79 bits per heavy atom. The number of ketones is 1. The standard InChI is InChI=1S/C30H38N2O6/c1-4-7-16-36-23-11-8-10-21(19-23)27-26(28(33)22-12-13-24-25(20-22)38-18-17-37-24)29(34)30(35)32(27)15-9-14-31(5-2)6-3/h8,10-13,19-20,27,33H,4-7,9,14-18H2,1-3H3/b28-26+/t27-/m0/s1. The van der Waals surface area contributed by atoms with Crippen LogP contribution in [0.2, 0.25) is 0 Å². The van der Waals surface area contributed by atoms with E-state index in [1.807, 2.05) is 24.3 Å². The lowest BCUT2D eigenvalue weighted by molar-refractivity contribution is -0.140. The maximum atomic E-state index is 13.4. The second-order valence-corrected chi connectivity index (χ2v) is 9.51. The van der Waals surface area contributed by atoms with Gasteiger partial charge in [0.05, 0.1) is 18.2 Å². The minimum Gasteiger partial charge on any atom is -0.507 e. The minimum atomic E-state index is -0.727. The molecule has 8 heteroatoms. The van der Waals surface area contributed by atoms with Crippen molar-refractivity contribution in [3.63, 3.8) is 0 Å². The number of hydrogen-bond donors (Lipinski definition) is 1. The molecule has 2 aliphatic rings. The lowest BCUT2D eigenvalue weighted by Gasteiger charge is -2.27. The summed E-state index contributed by atoms with van der Waals surface area (Å²) < 4.78 is 17.2. The lowest BCUT2D eigenvalue weighted by Crippen LogP contribution is -2.33. The van der Waals surface area contributed by atoms with Crippen LogP contribution in [0.1, 0.15) is 57.2 Å². The van der Waals surface area contributed by atoms with Gasteiger partial charge in [0, 0.05) is 12.1 Å². The lowest BCUT2D eigenvalue weighted by atomic mass is 9.95. The molecule has 2 aromatic rings. The minimum absolute atomic E-state index is 0.0697. The molecule has 0 aliphatic carbocycles. The highest BCUT2D eigenvalue weighted by molar-refractivity contribution is 6.46. The topological polar surface area (TPSA) is 88.5 Å². The van der Waals surface area contributed by atoms with Gasteiger partial charge in [-0.1, -0.05) is 39.3 Å². The second kappa shape index (κ2) is 12.8. The number of amides is 1. The van der Waals surface area contributed by atoms with E-state index in [2.05, 4.69) is 25.7 Å². The number of aliphatic hydroxyl groups is 1. The van der Waals surface area contributed by atoms with Gasteiger partial charge in [0.2, 0.25) is 0 Å². The number of Topliss-reactive ketones (excluding diaryl/α,β-unsaturated/α-hetero) is 1. The number of unbranched alkanes of at least 4 members (excludes halogenated alkanes) is 1. The summed E-state index contributed by atoms with van der Waals surface area (Å²) in [5.74, 6) is 0.223. The molecule has 0 unspecified atom stereocenters. The maximum absolute atomic E-state index is 13.4. The summed E-state index contributed by atoms with van der Waals surface area (Å²) in [4.78, 5) is 30.6. The zero-order valence-corrected chi connectivity index (χ0v) is 22.6. The van der Waals surface area contributed by atoms with Crippen molar-refractivity contribution in [1.29, 1.82) is 0 Å². The van der Waals surface area contributed by atoms with Crippen molar-refractivity contribution >= 4 is 17.4 Å². The highest BCUT2D eigenvalue weighted by Gasteiger charge is 2.46. The first kappa shape index (κ1) is 27.5. The first-order valence-corrected chi connectivity index (χ1v) is 13.6. The van der Waals surface area contributed by atoms with Crippen LogP contribution < -0.4 is 14.2 Å². The molecule has 4 rings (SSSR count). The molecule has 1 atom stereocenters. The third-order valence-corrected chi connectivity index (χ3v) is 7.06. The van der Waals surface area contributed by atoms with Crippen molar-refractivity contribution in [2.75, 3.05) is 46.0 Å². The summed E-state index contributed by atoms with van der Waals surface area (Å²) in [6, 6.07) is 11.8. The number of hydrogen-bond acceptors (Lipinski definition) is 7. The molecular formula is C30H38N2O6. The molecule has 1 amide bonds. The van der Waals surface area contributed by atoms with Gasteiger partial charge in [0.15, 0.2) is 11.5 Å². The largest absolute Gasteiger partial charge is 0.507 e. The van der Waals surface area contributed by atoms with E-state index in [1.54, 1.807) is 23.1 Å². The second-order valence-electron chi connectivity index (χ2n) is 9.51. The van der Waals surface area contributed by atoms with Gasteiger partial charge < -0.3 is 29.1 Å². The van der Waals surface area contributed by atoms with Gasteiger partial charge >= 0.3 is 0 Å². The Balaban J connectivity index is 1.72. The molecule has 2 aliphatic heterocycles. The quantitative estimate of drug-likeness (QED) is 0.186. The van der Waals surface area contributed by atoms with Crippen LogP contribution in [-0.2, 0) is 9.59 Å². The number of carbonyl (C=O) groups is 2. The van der Waals surface area contributed by atoms with E-state index in [4.69, 9.17) is 14.2 Å². The summed E-state index contributed by atoms with van der Waals surface area (Å²) in [6.07, 6.45) is 2.65. The van der Waals surface area contributed by atoms with Gasteiger partial charge in [-0.3, -0.25) is 9.59 Å². The Hall–Kier alpha value is -3.52. The molecule has 0 bridgehead atoms. The summed E-state index contributed by atoms with van der Waals surface area (Å²) in [5, 5.41) is 11.4. The van der Waals surface area contributed by atoms with Crippen LogP contribution in [-0.4, -0.2) is 72.6 Å². The number of fused-ring (bicyclic) bond motifs is 1. The number of benzene rings is 2. The Kier molecular flexibility index (Phi) is 9.29. The number of carbonyl (C=O) groups excluding carboxylic acids is 2. The van der Waals surface area contributed by atoms with Gasteiger partial charge in [-0.15, -0.1) is 0 Å². The van der Waals surface area contributed by atoms with Crippen LogP contribution in [0.5, 0.6) is 17.2 Å². The van der Waals surface area contributed by atoms with Crippen molar-refractivity contribution in [1.82, 2.24) is 9.80 Å².